The topological polar surface area (TPSA) is 58.2 Å². The van der Waals surface area contributed by atoms with E-state index >= 15 is 0 Å². The molecule has 1 aromatic carbocycles. The first kappa shape index (κ1) is 15.2. The van der Waals surface area contributed by atoms with Gasteiger partial charge in [0.1, 0.15) is 0 Å². The summed E-state index contributed by atoms with van der Waals surface area (Å²) in [5.41, 5.74) is 2.34. The summed E-state index contributed by atoms with van der Waals surface area (Å²) in [6, 6.07) is 8.12. The van der Waals surface area contributed by atoms with Crippen LogP contribution in [0.15, 0.2) is 24.3 Å². The van der Waals surface area contributed by atoms with Gasteiger partial charge in [-0.2, -0.15) is 0 Å². The van der Waals surface area contributed by atoms with E-state index in [4.69, 9.17) is 0 Å². The van der Waals surface area contributed by atoms with Crippen molar-refractivity contribution in [3.05, 3.63) is 35.4 Å². The van der Waals surface area contributed by atoms with E-state index in [1.165, 1.54) is 5.56 Å². The molecule has 0 fully saturated rings. The Kier molecular flexibility index (Phi) is 6.64. The van der Waals surface area contributed by atoms with E-state index in [-0.39, 0.29) is 18.4 Å². The Hall–Kier alpha value is -1.84. The maximum Gasteiger partial charge on any atom is 0.239 e. The number of carbonyl (C=O) groups is 2. The van der Waals surface area contributed by atoms with Gasteiger partial charge < -0.3 is 10.6 Å². The predicted molar refractivity (Wildman–Crippen MR) is 75.8 cm³/mol. The van der Waals surface area contributed by atoms with Crippen molar-refractivity contribution >= 4 is 11.8 Å². The van der Waals surface area contributed by atoms with Crippen LogP contribution in [-0.2, 0) is 16.0 Å². The van der Waals surface area contributed by atoms with Crippen LogP contribution < -0.4 is 10.6 Å². The van der Waals surface area contributed by atoms with E-state index in [9.17, 15) is 9.59 Å². The lowest BCUT2D eigenvalue weighted by atomic mass is 10.1. The van der Waals surface area contributed by atoms with Crippen molar-refractivity contribution in [3.8, 4) is 0 Å². The van der Waals surface area contributed by atoms with Crippen LogP contribution in [0.3, 0.4) is 0 Å². The van der Waals surface area contributed by atoms with E-state index in [1.54, 1.807) is 0 Å². The van der Waals surface area contributed by atoms with Crippen molar-refractivity contribution < 1.29 is 9.59 Å². The van der Waals surface area contributed by atoms with Gasteiger partial charge in [0.05, 0.1) is 6.54 Å². The lowest BCUT2D eigenvalue weighted by Gasteiger charge is -2.06. The highest BCUT2D eigenvalue weighted by atomic mass is 16.2. The van der Waals surface area contributed by atoms with Gasteiger partial charge in [0.2, 0.25) is 11.8 Å². The van der Waals surface area contributed by atoms with Gasteiger partial charge >= 0.3 is 0 Å². The molecule has 0 unspecified atom stereocenters. The number of rotatable bonds is 7. The van der Waals surface area contributed by atoms with Gasteiger partial charge in [-0.1, -0.05) is 36.8 Å². The second-order valence-electron chi connectivity index (χ2n) is 4.61. The number of nitrogens with one attached hydrogen (secondary N) is 2. The average Bonchev–Trinajstić information content (AvgIpc) is 2.42. The van der Waals surface area contributed by atoms with Crippen LogP contribution in [0.4, 0.5) is 0 Å². The van der Waals surface area contributed by atoms with Crippen molar-refractivity contribution in [3.63, 3.8) is 0 Å². The first-order chi connectivity index (χ1) is 9.11. The van der Waals surface area contributed by atoms with Crippen LogP contribution in [0.2, 0.25) is 0 Å². The van der Waals surface area contributed by atoms with Crippen LogP contribution in [0, 0.1) is 6.92 Å². The fourth-order valence-electron chi connectivity index (χ4n) is 1.61. The summed E-state index contributed by atoms with van der Waals surface area (Å²) in [6.07, 6.45) is 2.00. The molecule has 0 spiro atoms. The Morgan fingerprint density at radius 2 is 1.74 bits per heavy atom. The summed E-state index contributed by atoms with van der Waals surface area (Å²) >= 11 is 0. The van der Waals surface area contributed by atoms with Gasteiger partial charge in [0.25, 0.3) is 0 Å². The molecule has 0 aliphatic carbocycles. The molecule has 104 valence electrons. The molecule has 0 radical (unpaired) electrons. The number of hydrogen-bond donors (Lipinski definition) is 2. The van der Waals surface area contributed by atoms with Crippen molar-refractivity contribution in [2.24, 2.45) is 0 Å². The molecule has 2 N–H and O–H groups in total. The Bertz CT molecular complexity index is 413. The lowest BCUT2D eigenvalue weighted by molar-refractivity contribution is -0.126. The minimum atomic E-state index is -0.134. The third-order valence-corrected chi connectivity index (χ3v) is 2.78. The van der Waals surface area contributed by atoms with Gasteiger partial charge in [-0.05, 0) is 25.3 Å². The maximum atomic E-state index is 11.6. The van der Waals surface area contributed by atoms with Gasteiger partial charge in [0, 0.05) is 13.0 Å². The van der Waals surface area contributed by atoms with Crippen molar-refractivity contribution in [2.45, 2.75) is 33.1 Å². The van der Waals surface area contributed by atoms with Crippen LogP contribution in [-0.4, -0.2) is 24.9 Å². The summed E-state index contributed by atoms with van der Waals surface area (Å²) in [6.45, 7) is 4.73. The van der Waals surface area contributed by atoms with E-state index in [1.807, 2.05) is 38.1 Å². The fraction of sp³-hybridized carbons (Fsp3) is 0.467. The first-order valence-electron chi connectivity index (χ1n) is 6.70. The van der Waals surface area contributed by atoms with Gasteiger partial charge in [-0.25, -0.2) is 0 Å². The molecule has 4 nitrogen and oxygen atoms in total. The van der Waals surface area contributed by atoms with Gasteiger partial charge in [0.15, 0.2) is 0 Å². The molecule has 0 saturated heterocycles. The molecular weight excluding hydrogens is 240 g/mol. The average molecular weight is 262 g/mol. The molecule has 0 aliphatic heterocycles. The zero-order valence-electron chi connectivity index (χ0n) is 11.7. The quantitative estimate of drug-likeness (QED) is 0.783. The molecule has 0 aliphatic rings. The second kappa shape index (κ2) is 8.29. The SMILES string of the molecule is CCCNC(=O)CNC(=O)CCc1ccc(C)cc1. The highest BCUT2D eigenvalue weighted by Gasteiger charge is 2.05. The first-order valence-corrected chi connectivity index (χ1v) is 6.70. The Labute approximate surface area is 114 Å². The number of aryl methyl sites for hydroxylation is 2. The smallest absolute Gasteiger partial charge is 0.239 e. The van der Waals surface area contributed by atoms with Crippen LogP contribution in [0.25, 0.3) is 0 Å². The van der Waals surface area contributed by atoms with E-state index < -0.39 is 0 Å². The van der Waals surface area contributed by atoms with Crippen LogP contribution >= 0.6 is 0 Å². The highest BCUT2D eigenvalue weighted by Crippen LogP contribution is 2.05. The number of amides is 2. The number of benzene rings is 1. The molecular formula is C15H22N2O2. The molecule has 2 amide bonds. The Morgan fingerprint density at radius 1 is 1.05 bits per heavy atom. The highest BCUT2D eigenvalue weighted by molar-refractivity contribution is 5.84. The number of hydrogen-bond acceptors (Lipinski definition) is 2. The van der Waals surface area contributed by atoms with Crippen molar-refractivity contribution in [1.29, 1.82) is 0 Å². The van der Waals surface area contributed by atoms with Gasteiger partial charge in [-0.3, -0.25) is 9.59 Å². The molecule has 0 atom stereocenters. The third kappa shape index (κ3) is 6.60. The van der Waals surface area contributed by atoms with Crippen molar-refractivity contribution in [2.75, 3.05) is 13.1 Å². The Morgan fingerprint density at radius 3 is 2.37 bits per heavy atom. The maximum absolute atomic E-state index is 11.6. The molecule has 0 heterocycles. The summed E-state index contributed by atoms with van der Waals surface area (Å²) < 4.78 is 0. The molecule has 1 rings (SSSR count). The summed E-state index contributed by atoms with van der Waals surface area (Å²) in [5, 5.41) is 5.34. The van der Waals surface area contributed by atoms with Crippen LogP contribution in [0.5, 0.6) is 0 Å². The lowest BCUT2D eigenvalue weighted by Crippen LogP contribution is -2.37. The predicted octanol–water partition coefficient (Wildman–Crippen LogP) is 1.57. The normalized spacial score (nSPS) is 10.0. The van der Waals surface area contributed by atoms with Crippen LogP contribution in [0.1, 0.15) is 30.9 Å². The molecule has 19 heavy (non-hydrogen) atoms. The summed E-state index contributed by atoms with van der Waals surface area (Å²) in [7, 11) is 0. The zero-order chi connectivity index (χ0) is 14.1. The second-order valence-corrected chi connectivity index (χ2v) is 4.61. The largest absolute Gasteiger partial charge is 0.355 e. The van der Waals surface area contributed by atoms with Gasteiger partial charge in [-0.15, -0.1) is 0 Å². The third-order valence-electron chi connectivity index (χ3n) is 2.78. The minimum Gasteiger partial charge on any atom is -0.355 e. The Balaban J connectivity index is 2.21. The zero-order valence-corrected chi connectivity index (χ0v) is 11.7. The van der Waals surface area contributed by atoms with Crippen molar-refractivity contribution in [1.82, 2.24) is 10.6 Å². The monoisotopic (exact) mass is 262 g/mol. The molecule has 4 heteroatoms. The fourth-order valence-corrected chi connectivity index (χ4v) is 1.61. The standard InChI is InChI=1S/C15H22N2O2/c1-3-10-16-15(19)11-17-14(18)9-8-13-6-4-12(2)5-7-13/h4-7H,3,8-11H2,1-2H3,(H,16,19)(H,17,18). The molecule has 0 bridgehead atoms. The van der Waals surface area contributed by atoms with E-state index in [0.717, 1.165) is 12.0 Å². The molecule has 1 aromatic rings. The number of carbonyl (C=O) groups excluding carboxylic acids is 2. The molecule has 0 saturated carbocycles. The van der Waals surface area contributed by atoms with E-state index in [0.29, 0.717) is 19.4 Å². The summed E-state index contributed by atoms with van der Waals surface area (Å²) in [5.74, 6) is -0.224. The summed E-state index contributed by atoms with van der Waals surface area (Å²) in [4.78, 5) is 22.9. The minimum absolute atomic E-state index is 0.0622. The molecule has 0 aromatic heterocycles. The van der Waals surface area contributed by atoms with E-state index in [2.05, 4.69) is 10.6 Å².